The highest BCUT2D eigenvalue weighted by molar-refractivity contribution is 8.25. The van der Waals surface area contributed by atoms with Gasteiger partial charge in [0.15, 0.2) is 0 Å². The maximum Gasteiger partial charge on any atom is 0.416 e. The number of carbonyl (C=O) groups excluding carboxylic acids is 1. The number of halogens is 3. The molecule has 3 aromatic rings. The van der Waals surface area contributed by atoms with Gasteiger partial charge in [-0.3, -0.25) is 18.2 Å². The fourth-order valence-corrected chi connectivity index (χ4v) is 7.95. The Labute approximate surface area is 264 Å². The van der Waals surface area contributed by atoms with E-state index < -0.39 is 34.7 Å². The van der Waals surface area contributed by atoms with Crippen molar-refractivity contribution in [1.82, 2.24) is 10.6 Å². The minimum absolute atomic E-state index is 0.0378. The zero-order chi connectivity index (χ0) is 32.0. The van der Waals surface area contributed by atoms with Crippen LogP contribution in [-0.4, -0.2) is 51.1 Å². The van der Waals surface area contributed by atoms with Crippen molar-refractivity contribution in [3.63, 3.8) is 0 Å². The van der Waals surface area contributed by atoms with Gasteiger partial charge in [0.05, 0.1) is 29.1 Å². The molecule has 0 unspecified atom stereocenters. The lowest BCUT2D eigenvalue weighted by atomic mass is 9.94. The van der Waals surface area contributed by atoms with E-state index in [1.54, 1.807) is 16.4 Å². The van der Waals surface area contributed by atoms with Crippen LogP contribution in [0.3, 0.4) is 0 Å². The van der Waals surface area contributed by atoms with Gasteiger partial charge in [0.2, 0.25) is 0 Å². The van der Waals surface area contributed by atoms with E-state index in [0.717, 1.165) is 61.8 Å². The first-order valence-electron chi connectivity index (χ1n) is 15.6. The standard InChI is InChI=1S/C34H42F3N3O4S/c35-34(36,37)29-14-8-11-25(17-29)22-38-23-32(41)31(18-24-9-2-1-3-10-24)39-33(42)28-19-27(26-12-4-5-13-26)20-30(21-28)40-15-6-7-16-45(40,43)44/h1-3,8-11,14,17,19-21,26,31-32,38,41,43-44H,4-7,12-13,15-16,18,22-23H2,(H,39,42)/t31-,32-/m0/s1. The van der Waals surface area contributed by atoms with Crippen LogP contribution >= 0.6 is 10.8 Å². The van der Waals surface area contributed by atoms with Crippen LogP contribution in [-0.2, 0) is 19.1 Å². The number of nitrogens with zero attached hydrogens (tertiary/aromatic N) is 1. The molecule has 1 saturated heterocycles. The summed E-state index contributed by atoms with van der Waals surface area (Å²) in [6.45, 7) is 0.641. The Kier molecular flexibility index (Phi) is 10.8. The topological polar surface area (TPSA) is 105 Å². The third-order valence-electron chi connectivity index (χ3n) is 8.72. The molecule has 1 aliphatic heterocycles. The molecule has 0 bridgehead atoms. The van der Waals surface area contributed by atoms with Crippen LogP contribution in [0.15, 0.2) is 72.8 Å². The summed E-state index contributed by atoms with van der Waals surface area (Å²) >= 11 is 0. The van der Waals surface area contributed by atoms with E-state index in [9.17, 15) is 32.2 Å². The maximum atomic E-state index is 13.9. The number of amides is 1. The summed E-state index contributed by atoms with van der Waals surface area (Å²) in [6, 6.07) is 19.3. The van der Waals surface area contributed by atoms with E-state index in [4.69, 9.17) is 0 Å². The molecule has 7 nitrogen and oxygen atoms in total. The molecule has 0 spiro atoms. The second-order valence-electron chi connectivity index (χ2n) is 12.1. The molecule has 45 heavy (non-hydrogen) atoms. The monoisotopic (exact) mass is 645 g/mol. The number of hydrogen-bond donors (Lipinski definition) is 5. The number of carbonyl (C=O) groups is 1. The first-order chi connectivity index (χ1) is 21.5. The van der Waals surface area contributed by atoms with Crippen molar-refractivity contribution in [2.45, 2.75) is 75.7 Å². The van der Waals surface area contributed by atoms with Crippen LogP contribution in [0.5, 0.6) is 0 Å². The summed E-state index contributed by atoms with van der Waals surface area (Å²) in [5.41, 5.74) is 2.60. The number of nitrogens with one attached hydrogen (secondary N) is 2. The number of benzene rings is 3. The summed E-state index contributed by atoms with van der Waals surface area (Å²) in [5.74, 6) is 0.192. The molecule has 0 aromatic heterocycles. The van der Waals surface area contributed by atoms with E-state index in [2.05, 4.69) is 10.6 Å². The van der Waals surface area contributed by atoms with Crippen molar-refractivity contribution < 1.29 is 32.2 Å². The van der Waals surface area contributed by atoms with Crippen LogP contribution in [0.2, 0.25) is 0 Å². The Morgan fingerprint density at radius 3 is 2.38 bits per heavy atom. The minimum Gasteiger partial charge on any atom is -0.390 e. The lowest BCUT2D eigenvalue weighted by Gasteiger charge is -2.47. The molecule has 0 radical (unpaired) electrons. The second kappa shape index (κ2) is 14.6. The first kappa shape index (κ1) is 33.3. The van der Waals surface area contributed by atoms with Gasteiger partial charge in [0.25, 0.3) is 5.91 Å². The summed E-state index contributed by atoms with van der Waals surface area (Å²) < 4.78 is 62.8. The zero-order valence-corrected chi connectivity index (χ0v) is 26.0. The predicted octanol–water partition coefficient (Wildman–Crippen LogP) is 7.12. The highest BCUT2D eigenvalue weighted by atomic mass is 32.3. The van der Waals surface area contributed by atoms with Crippen LogP contribution in [0.25, 0.3) is 0 Å². The number of alkyl halides is 3. The average molecular weight is 646 g/mol. The molecule has 3 aromatic carbocycles. The zero-order valence-electron chi connectivity index (χ0n) is 25.2. The van der Waals surface area contributed by atoms with Crippen molar-refractivity contribution in [1.29, 1.82) is 0 Å². The lowest BCUT2D eigenvalue weighted by Crippen LogP contribution is -2.48. The van der Waals surface area contributed by atoms with Gasteiger partial charge in [-0.2, -0.15) is 13.2 Å². The van der Waals surface area contributed by atoms with Gasteiger partial charge in [-0.25, -0.2) is 0 Å². The van der Waals surface area contributed by atoms with Crippen LogP contribution in [0.4, 0.5) is 18.9 Å². The first-order valence-corrected chi connectivity index (χ1v) is 17.3. The lowest BCUT2D eigenvalue weighted by molar-refractivity contribution is -0.137. The van der Waals surface area contributed by atoms with E-state index in [-0.39, 0.29) is 24.9 Å². The highest BCUT2D eigenvalue weighted by Gasteiger charge is 2.31. The van der Waals surface area contributed by atoms with Gasteiger partial charge in [-0.15, -0.1) is 10.8 Å². The molecular formula is C34H42F3N3O4S. The minimum atomic E-state index is -4.44. The molecule has 1 heterocycles. The van der Waals surface area contributed by atoms with Gasteiger partial charge in [-0.05, 0) is 79.0 Å². The number of hydrogen-bond acceptors (Lipinski definition) is 6. The molecule has 2 aliphatic rings. The molecule has 1 aliphatic carbocycles. The number of aliphatic hydroxyl groups is 1. The van der Waals surface area contributed by atoms with E-state index >= 15 is 0 Å². The largest absolute Gasteiger partial charge is 0.416 e. The van der Waals surface area contributed by atoms with Crippen LogP contribution in [0.1, 0.15) is 77.1 Å². The van der Waals surface area contributed by atoms with Crippen molar-refractivity contribution in [2.75, 3.05) is 23.1 Å². The molecule has 1 saturated carbocycles. The van der Waals surface area contributed by atoms with Crippen molar-refractivity contribution >= 4 is 22.4 Å². The van der Waals surface area contributed by atoms with Crippen molar-refractivity contribution in [2.24, 2.45) is 0 Å². The van der Waals surface area contributed by atoms with E-state index in [0.29, 0.717) is 35.5 Å². The molecular weight excluding hydrogens is 603 g/mol. The summed E-state index contributed by atoms with van der Waals surface area (Å²) in [4.78, 5) is 13.9. The molecule has 2 fully saturated rings. The van der Waals surface area contributed by atoms with Crippen LogP contribution < -0.4 is 14.9 Å². The molecule has 2 atom stereocenters. The second-order valence-corrected chi connectivity index (χ2v) is 14.2. The molecule has 244 valence electrons. The van der Waals surface area contributed by atoms with Crippen molar-refractivity contribution in [3.8, 4) is 0 Å². The number of rotatable bonds is 11. The van der Waals surface area contributed by atoms with Gasteiger partial charge in [0.1, 0.15) is 0 Å². The smallest absolute Gasteiger partial charge is 0.390 e. The fraction of sp³-hybridized carbons (Fsp3) is 0.441. The van der Waals surface area contributed by atoms with Gasteiger partial charge < -0.3 is 15.7 Å². The summed E-state index contributed by atoms with van der Waals surface area (Å²) in [5, 5.41) is 17.3. The molecule has 1 amide bonds. The van der Waals surface area contributed by atoms with Gasteiger partial charge in [0, 0.05) is 25.2 Å². The number of aliphatic hydroxyl groups excluding tert-OH is 1. The molecule has 11 heteroatoms. The fourth-order valence-electron chi connectivity index (χ4n) is 6.28. The molecule has 5 rings (SSSR count). The van der Waals surface area contributed by atoms with Crippen molar-refractivity contribution in [3.05, 3.63) is 101 Å². The van der Waals surface area contributed by atoms with Gasteiger partial charge >= 0.3 is 6.18 Å². The predicted molar refractivity (Wildman–Crippen MR) is 173 cm³/mol. The Morgan fingerprint density at radius 1 is 0.933 bits per heavy atom. The van der Waals surface area contributed by atoms with Crippen LogP contribution in [0, 0.1) is 0 Å². The highest BCUT2D eigenvalue weighted by Crippen LogP contribution is 2.50. The van der Waals surface area contributed by atoms with Gasteiger partial charge in [-0.1, -0.05) is 61.4 Å². The van der Waals surface area contributed by atoms with E-state index in [1.165, 1.54) is 6.07 Å². The number of anilines is 1. The molecule has 5 N–H and O–H groups in total. The Hall–Kier alpha value is -3.09. The summed E-state index contributed by atoms with van der Waals surface area (Å²) in [6.07, 6.45) is 0.621. The third kappa shape index (κ3) is 8.80. The maximum absolute atomic E-state index is 13.9. The Bertz CT molecular complexity index is 1430. The Balaban J connectivity index is 1.35. The Morgan fingerprint density at radius 2 is 1.67 bits per heavy atom. The average Bonchev–Trinajstić information content (AvgIpc) is 3.56. The SMILES string of the molecule is O=C(N[C@@H](Cc1ccccc1)[C@@H](O)CNCc1cccc(C(F)(F)F)c1)c1cc(C2CCCC2)cc(N2CCCCS2(O)O)c1. The quantitative estimate of drug-likeness (QED) is 0.152. The normalized spacial score (nSPS) is 19.2. The third-order valence-corrected chi connectivity index (χ3v) is 10.7. The summed E-state index contributed by atoms with van der Waals surface area (Å²) in [7, 11) is -2.99. The van der Waals surface area contributed by atoms with E-state index in [1.807, 2.05) is 42.5 Å².